The first-order valence-corrected chi connectivity index (χ1v) is 13.2. The van der Waals surface area contributed by atoms with Gasteiger partial charge in [-0.2, -0.15) is 0 Å². The second-order valence-electron chi connectivity index (χ2n) is 11.1. The van der Waals surface area contributed by atoms with Crippen molar-refractivity contribution in [3.8, 4) is 0 Å². The highest BCUT2D eigenvalue weighted by Crippen LogP contribution is 2.35. The molecule has 2 atom stereocenters. The maximum Gasteiger partial charge on any atom is 0.412 e. The Kier molecular flexibility index (Phi) is 8.35. The van der Waals surface area contributed by atoms with Gasteiger partial charge in [-0.15, -0.1) is 0 Å². The van der Waals surface area contributed by atoms with Gasteiger partial charge < -0.3 is 9.47 Å². The van der Waals surface area contributed by atoms with Crippen LogP contribution in [0.3, 0.4) is 0 Å². The molecule has 1 fully saturated rings. The highest BCUT2D eigenvalue weighted by Gasteiger charge is 2.50. The molecular formula is C32H40N2O3. The Balaban J connectivity index is 1.64. The van der Waals surface area contributed by atoms with E-state index in [1.165, 1.54) is 16.7 Å². The molecule has 1 aliphatic heterocycles. The van der Waals surface area contributed by atoms with Crippen molar-refractivity contribution in [1.29, 1.82) is 0 Å². The Labute approximate surface area is 222 Å². The van der Waals surface area contributed by atoms with Crippen molar-refractivity contribution in [2.45, 2.75) is 77.5 Å². The molecule has 37 heavy (non-hydrogen) atoms. The minimum atomic E-state index is -0.719. The van der Waals surface area contributed by atoms with E-state index >= 15 is 0 Å². The van der Waals surface area contributed by atoms with E-state index in [1.807, 2.05) is 52.8 Å². The Bertz CT molecular complexity index is 1070. The molecule has 0 aromatic heterocycles. The van der Waals surface area contributed by atoms with Crippen LogP contribution in [0.4, 0.5) is 4.79 Å². The number of nitrogens with zero attached hydrogens (tertiary/aromatic N) is 2. The largest absolute Gasteiger partial charge is 0.445 e. The van der Waals surface area contributed by atoms with Crippen LogP contribution in [0, 0.1) is 0 Å². The van der Waals surface area contributed by atoms with E-state index in [9.17, 15) is 4.79 Å². The van der Waals surface area contributed by atoms with Crippen molar-refractivity contribution in [2.24, 2.45) is 0 Å². The van der Waals surface area contributed by atoms with Crippen molar-refractivity contribution < 1.29 is 14.3 Å². The summed E-state index contributed by atoms with van der Waals surface area (Å²) in [6.45, 7) is 11.9. The van der Waals surface area contributed by atoms with E-state index < -0.39 is 11.3 Å². The van der Waals surface area contributed by atoms with Crippen molar-refractivity contribution in [3.63, 3.8) is 0 Å². The van der Waals surface area contributed by atoms with E-state index in [0.29, 0.717) is 6.61 Å². The van der Waals surface area contributed by atoms with E-state index in [1.54, 1.807) is 4.90 Å². The Morgan fingerprint density at radius 2 is 1.30 bits per heavy atom. The fourth-order valence-corrected chi connectivity index (χ4v) is 5.34. The van der Waals surface area contributed by atoms with Crippen molar-refractivity contribution in [3.05, 3.63) is 108 Å². The fraction of sp³-hybridized carbons (Fsp3) is 0.406. The molecule has 4 rings (SSSR count). The normalized spacial score (nSPS) is 17.9. The molecule has 5 heteroatoms. The highest BCUT2D eigenvalue weighted by atomic mass is 16.6. The van der Waals surface area contributed by atoms with Crippen LogP contribution in [-0.2, 0) is 29.0 Å². The van der Waals surface area contributed by atoms with Gasteiger partial charge in [-0.05, 0) is 57.7 Å². The molecule has 0 aliphatic carbocycles. The first-order valence-electron chi connectivity index (χ1n) is 13.2. The molecule has 3 aromatic rings. The summed E-state index contributed by atoms with van der Waals surface area (Å²) >= 11 is 0. The van der Waals surface area contributed by atoms with Crippen molar-refractivity contribution in [2.75, 3.05) is 6.61 Å². The number of ether oxygens (including phenoxy) is 2. The highest BCUT2D eigenvalue weighted by molar-refractivity contribution is 5.70. The molecule has 0 radical (unpaired) electrons. The van der Waals surface area contributed by atoms with Gasteiger partial charge in [0.15, 0.2) is 0 Å². The number of hydrogen-bond acceptors (Lipinski definition) is 4. The molecule has 1 heterocycles. The number of rotatable bonds is 9. The first kappa shape index (κ1) is 26.9. The van der Waals surface area contributed by atoms with Crippen molar-refractivity contribution in [1.82, 2.24) is 9.80 Å². The van der Waals surface area contributed by atoms with Gasteiger partial charge in [-0.25, -0.2) is 4.79 Å². The number of carbonyl (C=O) groups is 1. The average Bonchev–Trinajstić information content (AvgIpc) is 3.10. The molecule has 0 saturated carbocycles. The van der Waals surface area contributed by atoms with Gasteiger partial charge >= 0.3 is 6.09 Å². The second kappa shape index (κ2) is 11.5. The first-order chi connectivity index (χ1) is 17.7. The van der Waals surface area contributed by atoms with Crippen LogP contribution >= 0.6 is 0 Å². The third kappa shape index (κ3) is 6.79. The van der Waals surface area contributed by atoms with E-state index in [4.69, 9.17) is 9.47 Å². The van der Waals surface area contributed by atoms with Crippen LogP contribution in [0.25, 0.3) is 0 Å². The van der Waals surface area contributed by atoms with E-state index in [-0.39, 0.29) is 18.2 Å². The van der Waals surface area contributed by atoms with Gasteiger partial charge in [0.2, 0.25) is 0 Å². The zero-order chi connectivity index (χ0) is 26.5. The number of hydrogen-bond donors (Lipinski definition) is 0. The maximum atomic E-state index is 13.6. The molecule has 0 unspecified atom stereocenters. The standard InChI is InChI=1S/C32H40N2O3/c1-25(37-30(35)34-31(2,3)24-36-32(34,4)5)29(21-26-15-9-6-10-16-26)33(22-27-17-11-7-12-18-27)23-28-19-13-8-14-20-28/h6-20,25,29H,21-24H2,1-5H3/t25-,29+/m1/s1. The monoisotopic (exact) mass is 500 g/mol. The fourth-order valence-electron chi connectivity index (χ4n) is 5.34. The molecule has 3 aromatic carbocycles. The smallest absolute Gasteiger partial charge is 0.412 e. The average molecular weight is 501 g/mol. The number of carbonyl (C=O) groups excluding carboxylic acids is 1. The topological polar surface area (TPSA) is 42.0 Å². The lowest BCUT2D eigenvalue weighted by Crippen LogP contribution is -2.55. The Morgan fingerprint density at radius 3 is 1.73 bits per heavy atom. The molecule has 1 saturated heterocycles. The van der Waals surface area contributed by atoms with Crippen molar-refractivity contribution >= 4 is 6.09 Å². The summed E-state index contributed by atoms with van der Waals surface area (Å²) in [5.41, 5.74) is 2.51. The number of benzene rings is 3. The lowest BCUT2D eigenvalue weighted by molar-refractivity contribution is -0.0651. The molecule has 5 nitrogen and oxygen atoms in total. The summed E-state index contributed by atoms with van der Waals surface area (Å²) in [6, 6.07) is 31.4. The number of amides is 1. The van der Waals surface area contributed by atoms with Gasteiger partial charge in [0.25, 0.3) is 0 Å². The molecule has 196 valence electrons. The summed E-state index contributed by atoms with van der Waals surface area (Å²) in [4.78, 5) is 17.8. The summed E-state index contributed by atoms with van der Waals surface area (Å²) in [5.74, 6) is 0. The molecule has 1 amide bonds. The van der Waals surface area contributed by atoms with Crippen LogP contribution in [0.5, 0.6) is 0 Å². The predicted octanol–water partition coefficient (Wildman–Crippen LogP) is 6.67. The van der Waals surface area contributed by atoms with Crippen LogP contribution < -0.4 is 0 Å². The maximum absolute atomic E-state index is 13.6. The zero-order valence-corrected chi connectivity index (χ0v) is 22.8. The summed E-state index contributed by atoms with van der Waals surface area (Å²) < 4.78 is 12.2. The van der Waals surface area contributed by atoms with Crippen LogP contribution in [0.2, 0.25) is 0 Å². The van der Waals surface area contributed by atoms with Crippen LogP contribution in [0.1, 0.15) is 51.3 Å². The van der Waals surface area contributed by atoms with Crippen LogP contribution in [-0.4, -0.2) is 45.9 Å². The SMILES string of the molecule is C[C@@H](OC(=O)N1C(C)(C)COC1(C)C)[C@H](Cc1ccccc1)N(Cc1ccccc1)Cc1ccccc1. The molecule has 1 aliphatic rings. The van der Waals surface area contributed by atoms with E-state index in [0.717, 1.165) is 19.5 Å². The Morgan fingerprint density at radius 1 is 0.838 bits per heavy atom. The molecule has 0 bridgehead atoms. The van der Waals surface area contributed by atoms with E-state index in [2.05, 4.69) is 77.7 Å². The lowest BCUT2D eigenvalue weighted by Gasteiger charge is -2.40. The summed E-state index contributed by atoms with van der Waals surface area (Å²) in [5, 5.41) is 0. The lowest BCUT2D eigenvalue weighted by atomic mass is 9.98. The van der Waals surface area contributed by atoms with Gasteiger partial charge in [0, 0.05) is 13.1 Å². The van der Waals surface area contributed by atoms with Gasteiger partial charge in [-0.1, -0.05) is 91.0 Å². The summed E-state index contributed by atoms with van der Waals surface area (Å²) in [7, 11) is 0. The predicted molar refractivity (Wildman–Crippen MR) is 148 cm³/mol. The quantitative estimate of drug-likeness (QED) is 0.329. The minimum absolute atomic E-state index is 0.0403. The van der Waals surface area contributed by atoms with Gasteiger partial charge in [0.05, 0.1) is 18.2 Å². The van der Waals surface area contributed by atoms with Gasteiger partial charge in [-0.3, -0.25) is 9.80 Å². The zero-order valence-electron chi connectivity index (χ0n) is 22.8. The second-order valence-corrected chi connectivity index (χ2v) is 11.1. The van der Waals surface area contributed by atoms with Crippen LogP contribution in [0.15, 0.2) is 91.0 Å². The minimum Gasteiger partial charge on any atom is -0.445 e. The Hall–Kier alpha value is -3.15. The third-order valence-corrected chi connectivity index (χ3v) is 7.15. The van der Waals surface area contributed by atoms with Gasteiger partial charge in [0.1, 0.15) is 11.8 Å². The molecule has 0 spiro atoms. The third-order valence-electron chi connectivity index (χ3n) is 7.15. The molecule has 0 N–H and O–H groups in total. The summed E-state index contributed by atoms with van der Waals surface area (Å²) in [6.07, 6.45) is 0.0721. The molecular weight excluding hydrogens is 460 g/mol.